The Hall–Kier alpha value is -1.27. The largest absolute Gasteiger partial charge is 0.397 e. The third-order valence-electron chi connectivity index (χ3n) is 3.95. The summed E-state index contributed by atoms with van der Waals surface area (Å²) in [6.07, 6.45) is 3.68. The summed E-state index contributed by atoms with van der Waals surface area (Å²) in [4.78, 5) is 0. The first kappa shape index (κ1) is 16.1. The van der Waals surface area contributed by atoms with Crippen LogP contribution in [-0.2, 0) is 10.2 Å². The topological polar surface area (TPSA) is 66.6 Å². The van der Waals surface area contributed by atoms with Crippen molar-refractivity contribution < 1.29 is 8.42 Å². The molecule has 0 bridgehead atoms. The molecule has 0 saturated carbocycles. The van der Waals surface area contributed by atoms with Gasteiger partial charge in [-0.1, -0.05) is 25.5 Å². The van der Waals surface area contributed by atoms with Gasteiger partial charge in [0.15, 0.2) is 0 Å². The highest BCUT2D eigenvalue weighted by atomic mass is 32.2. The highest BCUT2D eigenvalue weighted by Crippen LogP contribution is 2.30. The normalized spacial score (nSPS) is 20.4. The molecule has 118 valence electrons. The van der Waals surface area contributed by atoms with Gasteiger partial charge in [0.1, 0.15) is 0 Å². The first-order valence-corrected chi connectivity index (χ1v) is 9.02. The van der Waals surface area contributed by atoms with Crippen molar-refractivity contribution in [2.24, 2.45) is 0 Å². The molecule has 0 aliphatic carbocycles. The minimum Gasteiger partial charge on any atom is -0.397 e. The maximum absolute atomic E-state index is 13.0. The number of nitrogen functional groups attached to an aromatic ring is 1. The van der Waals surface area contributed by atoms with Gasteiger partial charge >= 0.3 is 10.2 Å². The molecule has 1 aliphatic rings. The van der Waals surface area contributed by atoms with Crippen LogP contribution in [0.25, 0.3) is 0 Å². The predicted octanol–water partition coefficient (Wildman–Crippen LogP) is 2.60. The van der Waals surface area contributed by atoms with Gasteiger partial charge in [0.25, 0.3) is 0 Å². The van der Waals surface area contributed by atoms with Crippen LogP contribution in [0.4, 0.5) is 11.4 Å². The van der Waals surface area contributed by atoms with Gasteiger partial charge < -0.3 is 5.73 Å². The van der Waals surface area contributed by atoms with Gasteiger partial charge in [-0.2, -0.15) is 12.7 Å². The minimum absolute atomic E-state index is 0.0491. The third-order valence-corrected chi connectivity index (χ3v) is 6.02. The van der Waals surface area contributed by atoms with E-state index in [0.29, 0.717) is 24.5 Å². The lowest BCUT2D eigenvalue weighted by Crippen LogP contribution is -2.50. The molecule has 0 radical (unpaired) electrons. The zero-order valence-corrected chi connectivity index (χ0v) is 13.6. The van der Waals surface area contributed by atoms with E-state index in [1.54, 1.807) is 16.4 Å². The van der Waals surface area contributed by atoms with Crippen molar-refractivity contribution in [2.45, 2.75) is 45.6 Å². The fraction of sp³-hybridized carbons (Fsp3) is 0.600. The lowest BCUT2D eigenvalue weighted by molar-refractivity contribution is 0.268. The molecule has 0 amide bonds. The average molecular weight is 311 g/mol. The van der Waals surface area contributed by atoms with E-state index in [4.69, 9.17) is 5.73 Å². The fourth-order valence-electron chi connectivity index (χ4n) is 2.82. The van der Waals surface area contributed by atoms with E-state index in [-0.39, 0.29) is 6.04 Å². The van der Waals surface area contributed by atoms with Gasteiger partial charge in [-0.15, -0.1) is 0 Å². The monoisotopic (exact) mass is 311 g/mol. The van der Waals surface area contributed by atoms with Crippen LogP contribution in [0.15, 0.2) is 24.3 Å². The minimum atomic E-state index is -3.52. The number of piperidine rings is 1. The molecule has 1 atom stereocenters. The average Bonchev–Trinajstić information content (AvgIpc) is 2.46. The molecular formula is C15H25N3O2S. The summed E-state index contributed by atoms with van der Waals surface area (Å²) >= 11 is 0. The number of hydrogen-bond donors (Lipinski definition) is 1. The zero-order valence-electron chi connectivity index (χ0n) is 12.8. The smallest absolute Gasteiger partial charge is 0.304 e. The van der Waals surface area contributed by atoms with Crippen molar-refractivity contribution in [1.29, 1.82) is 0 Å². The molecule has 1 heterocycles. The predicted molar refractivity (Wildman–Crippen MR) is 87.4 cm³/mol. The molecule has 1 saturated heterocycles. The van der Waals surface area contributed by atoms with Crippen molar-refractivity contribution in [3.05, 3.63) is 24.3 Å². The molecule has 21 heavy (non-hydrogen) atoms. The highest BCUT2D eigenvalue weighted by molar-refractivity contribution is 7.90. The van der Waals surface area contributed by atoms with Crippen molar-refractivity contribution in [3.63, 3.8) is 0 Å². The molecule has 2 rings (SSSR count). The molecule has 0 spiro atoms. The second kappa shape index (κ2) is 6.66. The van der Waals surface area contributed by atoms with Gasteiger partial charge in [0.2, 0.25) is 0 Å². The van der Waals surface area contributed by atoms with Crippen LogP contribution in [0, 0.1) is 0 Å². The Bertz CT molecular complexity index is 574. The summed E-state index contributed by atoms with van der Waals surface area (Å²) in [7, 11) is -3.52. The quantitative estimate of drug-likeness (QED) is 0.850. The Morgan fingerprint density at radius 2 is 2.05 bits per heavy atom. The summed E-state index contributed by atoms with van der Waals surface area (Å²) in [5, 5.41) is 0. The Kier molecular flexibility index (Phi) is 5.11. The van der Waals surface area contributed by atoms with Crippen molar-refractivity contribution in [2.75, 3.05) is 23.1 Å². The summed E-state index contributed by atoms with van der Waals surface area (Å²) in [6, 6.07) is 7.21. The molecule has 1 aromatic carbocycles. The lowest BCUT2D eigenvalue weighted by atomic mass is 10.1. The van der Waals surface area contributed by atoms with E-state index in [1.165, 1.54) is 4.31 Å². The summed E-state index contributed by atoms with van der Waals surface area (Å²) < 4.78 is 29.2. The molecule has 0 aromatic heterocycles. The zero-order chi connectivity index (χ0) is 15.5. The molecule has 1 aromatic rings. The van der Waals surface area contributed by atoms with Crippen molar-refractivity contribution in [3.8, 4) is 0 Å². The van der Waals surface area contributed by atoms with E-state index in [9.17, 15) is 8.42 Å². The Balaban J connectivity index is 2.39. The number of benzene rings is 1. The van der Waals surface area contributed by atoms with E-state index >= 15 is 0 Å². The molecule has 1 aliphatic heterocycles. The van der Waals surface area contributed by atoms with Crippen molar-refractivity contribution in [1.82, 2.24) is 4.31 Å². The van der Waals surface area contributed by atoms with Crippen LogP contribution >= 0.6 is 0 Å². The van der Waals surface area contributed by atoms with Crippen LogP contribution in [-0.4, -0.2) is 31.9 Å². The first-order chi connectivity index (χ1) is 9.98. The van der Waals surface area contributed by atoms with E-state index in [2.05, 4.69) is 0 Å². The maximum Gasteiger partial charge on any atom is 0.304 e. The molecular weight excluding hydrogens is 286 g/mol. The lowest BCUT2D eigenvalue weighted by Gasteiger charge is -2.37. The number of para-hydroxylation sites is 2. The number of rotatable bonds is 5. The highest BCUT2D eigenvalue weighted by Gasteiger charge is 2.34. The summed E-state index contributed by atoms with van der Waals surface area (Å²) in [6.45, 7) is 4.99. The number of hydrogen-bond acceptors (Lipinski definition) is 3. The van der Waals surface area contributed by atoms with Crippen LogP contribution in [0.3, 0.4) is 0 Å². The standard InChI is InChI=1S/C15H25N3O2S/c1-3-11-18(15-10-5-4-9-14(15)16)21(19,20)17-12-7-6-8-13(17)2/h4-5,9-10,13H,3,6-8,11-12,16H2,1-2H3. The van der Waals surface area contributed by atoms with Crippen LogP contribution in [0.1, 0.15) is 39.5 Å². The fourth-order valence-corrected chi connectivity index (χ4v) is 4.82. The van der Waals surface area contributed by atoms with Gasteiger partial charge in [0, 0.05) is 19.1 Å². The van der Waals surface area contributed by atoms with Gasteiger partial charge in [-0.05, 0) is 38.3 Å². The van der Waals surface area contributed by atoms with E-state index < -0.39 is 10.2 Å². The second-order valence-electron chi connectivity index (χ2n) is 5.59. The Morgan fingerprint density at radius 3 is 2.67 bits per heavy atom. The third kappa shape index (κ3) is 3.32. The second-order valence-corrected chi connectivity index (χ2v) is 7.40. The van der Waals surface area contributed by atoms with Crippen LogP contribution in [0.2, 0.25) is 0 Å². The molecule has 1 fully saturated rings. The summed E-state index contributed by atoms with van der Waals surface area (Å²) in [5.74, 6) is 0. The molecule has 2 N–H and O–H groups in total. The SMILES string of the molecule is CCCN(c1ccccc1N)S(=O)(=O)N1CCCCC1C. The Morgan fingerprint density at radius 1 is 1.33 bits per heavy atom. The number of nitrogens with two attached hydrogens (primary N) is 1. The number of nitrogens with zero attached hydrogens (tertiary/aromatic N) is 2. The van der Waals surface area contributed by atoms with Gasteiger partial charge in [0.05, 0.1) is 11.4 Å². The molecule has 5 nitrogen and oxygen atoms in total. The molecule has 1 unspecified atom stereocenters. The van der Waals surface area contributed by atoms with Crippen LogP contribution < -0.4 is 10.0 Å². The van der Waals surface area contributed by atoms with E-state index in [0.717, 1.165) is 25.7 Å². The Labute approximate surface area is 127 Å². The van der Waals surface area contributed by atoms with E-state index in [1.807, 2.05) is 26.0 Å². The van der Waals surface area contributed by atoms with Gasteiger partial charge in [-0.25, -0.2) is 0 Å². The van der Waals surface area contributed by atoms with Crippen molar-refractivity contribution >= 4 is 21.6 Å². The number of anilines is 2. The molecule has 6 heteroatoms. The first-order valence-electron chi connectivity index (χ1n) is 7.62. The van der Waals surface area contributed by atoms with Crippen LogP contribution in [0.5, 0.6) is 0 Å². The summed E-state index contributed by atoms with van der Waals surface area (Å²) in [5.41, 5.74) is 7.07. The maximum atomic E-state index is 13.0. The van der Waals surface area contributed by atoms with Gasteiger partial charge in [-0.3, -0.25) is 4.31 Å².